The van der Waals surface area contributed by atoms with Crippen LogP contribution in [-0.2, 0) is 11.2 Å². The third kappa shape index (κ3) is 2.08. The van der Waals surface area contributed by atoms with Crippen molar-refractivity contribution in [3.05, 3.63) is 23.8 Å². The molecular weight excluding hydrogens is 178 g/mol. The lowest BCUT2D eigenvalue weighted by Gasteiger charge is -2.08. The fourth-order valence-corrected chi connectivity index (χ4v) is 1.63. The summed E-state index contributed by atoms with van der Waals surface area (Å²) in [4.78, 5) is 8.48. The maximum absolute atomic E-state index is 5.53. The molecule has 1 aliphatic rings. The smallest absolute Gasteiger partial charge is 0.129 e. The van der Waals surface area contributed by atoms with Crippen LogP contribution in [-0.4, -0.2) is 23.1 Å². The third-order valence-corrected chi connectivity index (χ3v) is 2.39. The molecule has 1 aliphatic heterocycles. The van der Waals surface area contributed by atoms with Crippen LogP contribution < -0.4 is 5.73 Å². The van der Waals surface area contributed by atoms with Crippen molar-refractivity contribution in [2.24, 2.45) is 5.73 Å². The van der Waals surface area contributed by atoms with Crippen LogP contribution >= 0.6 is 0 Å². The first kappa shape index (κ1) is 9.55. The molecule has 0 bridgehead atoms. The quantitative estimate of drug-likeness (QED) is 0.772. The van der Waals surface area contributed by atoms with Crippen LogP contribution in [0, 0.1) is 0 Å². The molecule has 0 aliphatic carbocycles. The second-order valence-corrected chi connectivity index (χ2v) is 3.47. The summed E-state index contributed by atoms with van der Waals surface area (Å²) >= 11 is 0. The molecule has 0 saturated carbocycles. The summed E-state index contributed by atoms with van der Waals surface area (Å²) < 4.78 is 5.53. The van der Waals surface area contributed by atoms with E-state index >= 15 is 0 Å². The molecule has 2 N–H and O–H groups in total. The van der Waals surface area contributed by atoms with E-state index in [0.717, 1.165) is 37.3 Å². The highest BCUT2D eigenvalue weighted by atomic mass is 16.5. The van der Waals surface area contributed by atoms with Gasteiger partial charge in [0.25, 0.3) is 0 Å². The van der Waals surface area contributed by atoms with Crippen LogP contribution in [0.15, 0.2) is 12.4 Å². The van der Waals surface area contributed by atoms with Gasteiger partial charge in [0.2, 0.25) is 0 Å². The van der Waals surface area contributed by atoms with E-state index in [1.807, 2.05) is 12.4 Å². The van der Waals surface area contributed by atoms with Crippen molar-refractivity contribution in [3.8, 4) is 0 Å². The number of nitrogens with two attached hydrogens (primary N) is 1. The van der Waals surface area contributed by atoms with Gasteiger partial charge in [0, 0.05) is 31.0 Å². The zero-order valence-corrected chi connectivity index (χ0v) is 8.15. The second-order valence-electron chi connectivity index (χ2n) is 3.47. The first-order valence-electron chi connectivity index (χ1n) is 5.02. The van der Waals surface area contributed by atoms with E-state index in [-0.39, 0.29) is 6.10 Å². The number of nitrogens with zero attached hydrogens (tertiary/aromatic N) is 2. The Labute approximate surface area is 83.5 Å². The van der Waals surface area contributed by atoms with Crippen LogP contribution in [0.3, 0.4) is 0 Å². The van der Waals surface area contributed by atoms with Crippen LogP contribution in [0.1, 0.15) is 30.3 Å². The Kier molecular flexibility index (Phi) is 3.06. The van der Waals surface area contributed by atoms with E-state index in [0.29, 0.717) is 6.54 Å². The summed E-state index contributed by atoms with van der Waals surface area (Å²) in [6.07, 6.45) is 6.88. The highest BCUT2D eigenvalue weighted by Gasteiger charge is 2.17. The van der Waals surface area contributed by atoms with Crippen LogP contribution in [0.25, 0.3) is 0 Å². The van der Waals surface area contributed by atoms with Gasteiger partial charge in [-0.15, -0.1) is 0 Å². The first-order chi connectivity index (χ1) is 6.90. The fraction of sp³-hybridized carbons (Fsp3) is 0.600. The van der Waals surface area contributed by atoms with Gasteiger partial charge in [0.05, 0.1) is 6.10 Å². The summed E-state index contributed by atoms with van der Waals surface area (Å²) in [5, 5.41) is 0. The lowest BCUT2D eigenvalue weighted by molar-refractivity contribution is 0.111. The van der Waals surface area contributed by atoms with E-state index in [4.69, 9.17) is 10.5 Å². The number of hydrogen-bond acceptors (Lipinski definition) is 4. The number of aromatic nitrogens is 2. The van der Waals surface area contributed by atoms with E-state index in [2.05, 4.69) is 9.97 Å². The normalized spacial score (nSPS) is 21.4. The molecule has 0 aromatic carbocycles. The van der Waals surface area contributed by atoms with E-state index in [1.165, 1.54) is 0 Å². The van der Waals surface area contributed by atoms with Crippen LogP contribution in [0.4, 0.5) is 0 Å². The Balaban J connectivity index is 2.05. The van der Waals surface area contributed by atoms with Crippen molar-refractivity contribution in [3.63, 3.8) is 0 Å². The van der Waals surface area contributed by atoms with Gasteiger partial charge in [0.1, 0.15) is 5.82 Å². The Morgan fingerprint density at radius 1 is 1.43 bits per heavy atom. The van der Waals surface area contributed by atoms with Gasteiger partial charge in [-0.2, -0.15) is 0 Å². The van der Waals surface area contributed by atoms with Gasteiger partial charge in [0.15, 0.2) is 0 Å². The zero-order chi connectivity index (χ0) is 9.80. The maximum atomic E-state index is 5.53. The van der Waals surface area contributed by atoms with Gasteiger partial charge in [-0.05, 0) is 19.4 Å². The number of ether oxygens (including phenoxy) is 1. The topological polar surface area (TPSA) is 61.0 Å². The Morgan fingerprint density at radius 3 is 2.79 bits per heavy atom. The predicted molar refractivity (Wildman–Crippen MR) is 52.7 cm³/mol. The van der Waals surface area contributed by atoms with Gasteiger partial charge in [-0.25, -0.2) is 9.97 Å². The molecule has 2 rings (SSSR count). The molecule has 0 spiro atoms. The molecule has 4 nitrogen and oxygen atoms in total. The van der Waals surface area contributed by atoms with Gasteiger partial charge in [-0.1, -0.05) is 0 Å². The predicted octanol–water partition coefficient (Wildman–Crippen LogP) is 0.829. The van der Waals surface area contributed by atoms with E-state index in [9.17, 15) is 0 Å². The van der Waals surface area contributed by atoms with Crippen molar-refractivity contribution < 1.29 is 4.74 Å². The molecule has 0 radical (unpaired) electrons. The molecule has 0 amide bonds. The first-order valence-corrected chi connectivity index (χ1v) is 5.02. The molecule has 1 aromatic heterocycles. The Bertz CT molecular complexity index is 280. The average molecular weight is 193 g/mol. The summed E-state index contributed by atoms with van der Waals surface area (Å²) in [6, 6.07) is 0. The van der Waals surface area contributed by atoms with Crippen molar-refractivity contribution >= 4 is 0 Å². The highest BCUT2D eigenvalue weighted by molar-refractivity contribution is 5.10. The number of hydrogen-bond donors (Lipinski definition) is 1. The third-order valence-electron chi connectivity index (χ3n) is 2.39. The number of rotatable bonds is 3. The minimum atomic E-state index is 0.210. The minimum Gasteiger partial charge on any atom is -0.373 e. The standard InChI is InChI=1S/C10H15N3O/c11-4-3-10-12-6-8(7-13-10)9-2-1-5-14-9/h6-7,9H,1-5,11H2. The van der Waals surface area contributed by atoms with Crippen molar-refractivity contribution in [1.29, 1.82) is 0 Å². The monoisotopic (exact) mass is 193 g/mol. The van der Waals surface area contributed by atoms with Crippen molar-refractivity contribution in [2.75, 3.05) is 13.2 Å². The molecule has 1 fully saturated rings. The zero-order valence-electron chi connectivity index (χ0n) is 8.15. The maximum Gasteiger partial charge on any atom is 0.129 e. The summed E-state index contributed by atoms with van der Waals surface area (Å²) in [7, 11) is 0. The molecule has 14 heavy (non-hydrogen) atoms. The van der Waals surface area contributed by atoms with Gasteiger partial charge in [-0.3, -0.25) is 0 Å². The molecule has 2 heterocycles. The second kappa shape index (κ2) is 4.48. The Hall–Kier alpha value is -1.00. The molecule has 1 saturated heterocycles. The molecular formula is C10H15N3O. The largest absolute Gasteiger partial charge is 0.373 e. The average Bonchev–Trinajstić information content (AvgIpc) is 2.72. The van der Waals surface area contributed by atoms with Crippen LogP contribution in [0.2, 0.25) is 0 Å². The summed E-state index contributed by atoms with van der Waals surface area (Å²) in [5.74, 6) is 0.814. The summed E-state index contributed by atoms with van der Waals surface area (Å²) in [6.45, 7) is 1.45. The fourth-order valence-electron chi connectivity index (χ4n) is 1.63. The lowest BCUT2D eigenvalue weighted by atomic mass is 10.1. The molecule has 4 heteroatoms. The van der Waals surface area contributed by atoms with Crippen molar-refractivity contribution in [2.45, 2.75) is 25.4 Å². The van der Waals surface area contributed by atoms with Crippen molar-refractivity contribution in [1.82, 2.24) is 9.97 Å². The molecule has 1 aromatic rings. The summed E-state index contributed by atoms with van der Waals surface area (Å²) in [5.41, 5.74) is 6.50. The van der Waals surface area contributed by atoms with Crippen LogP contribution in [0.5, 0.6) is 0 Å². The Morgan fingerprint density at radius 2 is 2.21 bits per heavy atom. The lowest BCUT2D eigenvalue weighted by Crippen LogP contribution is -2.07. The SMILES string of the molecule is NCCc1ncc(C2CCCO2)cn1. The molecule has 76 valence electrons. The highest BCUT2D eigenvalue weighted by Crippen LogP contribution is 2.27. The molecule has 1 unspecified atom stereocenters. The molecule has 1 atom stereocenters. The van der Waals surface area contributed by atoms with Gasteiger partial charge < -0.3 is 10.5 Å². The van der Waals surface area contributed by atoms with Gasteiger partial charge >= 0.3 is 0 Å². The minimum absolute atomic E-state index is 0.210. The van der Waals surface area contributed by atoms with E-state index in [1.54, 1.807) is 0 Å². The van der Waals surface area contributed by atoms with E-state index < -0.39 is 0 Å².